The van der Waals surface area contributed by atoms with Gasteiger partial charge in [-0.15, -0.1) is 0 Å². The van der Waals surface area contributed by atoms with Crippen LogP contribution in [0, 0.1) is 0 Å². The number of nitrogens with one attached hydrogen (secondary N) is 2. The largest absolute Gasteiger partial charge is 0.305 e. The Morgan fingerprint density at radius 3 is 2.33 bits per heavy atom. The standard InChI is InChI=1S/C9H24N2Si/c1-5-10-8-11-7-9(3,4)12-6-2/h10-11H,5-8,12H2,1-4H3. The van der Waals surface area contributed by atoms with Crippen LogP contribution < -0.4 is 10.6 Å². The summed E-state index contributed by atoms with van der Waals surface area (Å²) < 4.78 is 0. The number of hydrogen-bond acceptors (Lipinski definition) is 2. The minimum absolute atomic E-state index is 0.125. The molecule has 0 heterocycles. The second-order valence-corrected chi connectivity index (χ2v) is 7.54. The normalized spacial score (nSPS) is 13.0. The van der Waals surface area contributed by atoms with E-state index in [2.05, 4.69) is 38.3 Å². The zero-order valence-electron chi connectivity index (χ0n) is 9.04. The summed E-state index contributed by atoms with van der Waals surface area (Å²) in [5, 5.41) is 7.29. The molecule has 0 amide bonds. The van der Waals surface area contributed by atoms with Crippen molar-refractivity contribution < 1.29 is 0 Å². The Morgan fingerprint density at radius 2 is 1.83 bits per heavy atom. The molecule has 74 valence electrons. The van der Waals surface area contributed by atoms with Crippen molar-refractivity contribution in [1.82, 2.24) is 10.6 Å². The van der Waals surface area contributed by atoms with Crippen LogP contribution in [0.3, 0.4) is 0 Å². The molecule has 0 radical (unpaired) electrons. The predicted molar refractivity (Wildman–Crippen MR) is 59.6 cm³/mol. The lowest BCUT2D eigenvalue weighted by atomic mass is 10.2. The van der Waals surface area contributed by atoms with E-state index in [0.29, 0.717) is 5.04 Å². The van der Waals surface area contributed by atoms with Gasteiger partial charge in [0.05, 0.1) is 0 Å². The third-order valence-corrected chi connectivity index (χ3v) is 4.13. The molecule has 0 aromatic carbocycles. The first-order chi connectivity index (χ1) is 5.62. The predicted octanol–water partition coefficient (Wildman–Crippen LogP) is 0.948. The summed E-state index contributed by atoms with van der Waals surface area (Å²) in [6.07, 6.45) is 0. The molecule has 2 N–H and O–H groups in total. The van der Waals surface area contributed by atoms with Gasteiger partial charge >= 0.3 is 0 Å². The van der Waals surface area contributed by atoms with Crippen LogP contribution in [-0.4, -0.2) is 29.3 Å². The van der Waals surface area contributed by atoms with Crippen molar-refractivity contribution in [3.05, 3.63) is 0 Å². The summed E-state index contributed by atoms with van der Waals surface area (Å²) in [4.78, 5) is 0. The van der Waals surface area contributed by atoms with Gasteiger partial charge in [0.2, 0.25) is 0 Å². The number of rotatable bonds is 7. The molecule has 0 aromatic heterocycles. The van der Waals surface area contributed by atoms with Crippen molar-refractivity contribution in [3.8, 4) is 0 Å². The van der Waals surface area contributed by atoms with Crippen LogP contribution in [0.1, 0.15) is 27.7 Å². The smallest absolute Gasteiger partial charge is 0.0454 e. The maximum absolute atomic E-state index is 3.44. The molecule has 0 aromatic rings. The fraction of sp³-hybridized carbons (Fsp3) is 1.00. The lowest BCUT2D eigenvalue weighted by molar-refractivity contribution is 0.529. The van der Waals surface area contributed by atoms with Gasteiger partial charge in [0, 0.05) is 16.2 Å². The van der Waals surface area contributed by atoms with Crippen LogP contribution in [0.15, 0.2) is 0 Å². The first kappa shape index (κ1) is 12.1. The quantitative estimate of drug-likeness (QED) is 0.353. The third kappa shape index (κ3) is 6.82. The first-order valence-electron chi connectivity index (χ1n) is 5.04. The van der Waals surface area contributed by atoms with Gasteiger partial charge in [-0.25, -0.2) is 0 Å². The SMILES string of the molecule is CCNCNCC(C)(C)[SiH2]CC. The molecule has 0 saturated carbocycles. The number of hydrogen-bond donors (Lipinski definition) is 2. The molecule has 0 fully saturated rings. The Morgan fingerprint density at radius 1 is 1.17 bits per heavy atom. The van der Waals surface area contributed by atoms with E-state index < -0.39 is 0 Å². The topological polar surface area (TPSA) is 24.1 Å². The molecule has 0 aliphatic carbocycles. The highest BCUT2D eigenvalue weighted by Gasteiger charge is 2.15. The molecule has 0 saturated heterocycles. The van der Waals surface area contributed by atoms with E-state index in [-0.39, 0.29) is 9.52 Å². The summed E-state index contributed by atoms with van der Waals surface area (Å²) in [5.74, 6) is 0. The van der Waals surface area contributed by atoms with Crippen molar-refractivity contribution >= 4 is 9.52 Å². The van der Waals surface area contributed by atoms with Crippen molar-refractivity contribution in [2.45, 2.75) is 38.8 Å². The van der Waals surface area contributed by atoms with Crippen LogP contribution in [0.2, 0.25) is 11.1 Å². The van der Waals surface area contributed by atoms with E-state index in [1.54, 1.807) is 0 Å². The maximum atomic E-state index is 3.44. The van der Waals surface area contributed by atoms with Crippen LogP contribution in [0.4, 0.5) is 0 Å². The van der Waals surface area contributed by atoms with Crippen LogP contribution in [0.25, 0.3) is 0 Å². The summed E-state index contributed by atoms with van der Waals surface area (Å²) >= 11 is 0. The van der Waals surface area contributed by atoms with Gasteiger partial charge < -0.3 is 10.6 Å². The average molecular weight is 188 g/mol. The Labute approximate surface area is 79.3 Å². The van der Waals surface area contributed by atoms with Crippen LogP contribution >= 0.6 is 0 Å². The molecule has 0 atom stereocenters. The molecular formula is C9H24N2Si. The van der Waals surface area contributed by atoms with Gasteiger partial charge in [0.15, 0.2) is 0 Å². The zero-order chi connectivity index (χ0) is 9.45. The molecule has 0 rings (SSSR count). The monoisotopic (exact) mass is 188 g/mol. The average Bonchev–Trinajstić information content (AvgIpc) is 1.98. The molecule has 0 aliphatic rings. The van der Waals surface area contributed by atoms with Crippen molar-refractivity contribution in [1.29, 1.82) is 0 Å². The lowest BCUT2D eigenvalue weighted by Gasteiger charge is -2.23. The van der Waals surface area contributed by atoms with E-state index in [1.807, 2.05) is 0 Å². The fourth-order valence-corrected chi connectivity index (χ4v) is 3.09. The third-order valence-electron chi connectivity index (χ3n) is 2.03. The molecule has 0 aliphatic heterocycles. The highest BCUT2D eigenvalue weighted by Crippen LogP contribution is 2.21. The van der Waals surface area contributed by atoms with Gasteiger partial charge in [-0.2, -0.15) is 0 Å². The highest BCUT2D eigenvalue weighted by atomic mass is 28.2. The van der Waals surface area contributed by atoms with Gasteiger partial charge in [-0.1, -0.05) is 33.7 Å². The Bertz CT molecular complexity index is 105. The second-order valence-electron chi connectivity index (χ2n) is 4.12. The van der Waals surface area contributed by atoms with E-state index in [9.17, 15) is 0 Å². The summed E-state index contributed by atoms with van der Waals surface area (Å²) in [6.45, 7) is 12.4. The van der Waals surface area contributed by atoms with Crippen LogP contribution in [-0.2, 0) is 0 Å². The van der Waals surface area contributed by atoms with E-state index in [0.717, 1.165) is 13.2 Å². The second kappa shape index (κ2) is 6.63. The van der Waals surface area contributed by atoms with Gasteiger partial charge in [0.25, 0.3) is 0 Å². The molecule has 0 bridgehead atoms. The zero-order valence-corrected chi connectivity index (χ0v) is 10.4. The van der Waals surface area contributed by atoms with E-state index in [1.165, 1.54) is 12.6 Å². The van der Waals surface area contributed by atoms with E-state index >= 15 is 0 Å². The van der Waals surface area contributed by atoms with Crippen molar-refractivity contribution in [2.24, 2.45) is 0 Å². The summed E-state index contributed by atoms with van der Waals surface area (Å²) in [6, 6.07) is 1.41. The van der Waals surface area contributed by atoms with Gasteiger partial charge in [-0.3, -0.25) is 0 Å². The van der Waals surface area contributed by atoms with E-state index in [4.69, 9.17) is 0 Å². The molecule has 2 nitrogen and oxygen atoms in total. The molecule has 12 heavy (non-hydrogen) atoms. The highest BCUT2D eigenvalue weighted by molar-refractivity contribution is 6.39. The maximum Gasteiger partial charge on any atom is 0.0454 e. The Balaban J connectivity index is 3.33. The molecular weight excluding hydrogens is 164 g/mol. The summed E-state index contributed by atoms with van der Waals surface area (Å²) in [7, 11) is 0.125. The molecule has 3 heteroatoms. The van der Waals surface area contributed by atoms with Crippen molar-refractivity contribution in [3.63, 3.8) is 0 Å². The lowest BCUT2D eigenvalue weighted by Crippen LogP contribution is -2.35. The fourth-order valence-electron chi connectivity index (χ4n) is 1.38. The molecule has 0 unspecified atom stereocenters. The van der Waals surface area contributed by atoms with Gasteiger partial charge in [-0.05, 0) is 18.1 Å². The van der Waals surface area contributed by atoms with Crippen LogP contribution in [0.5, 0.6) is 0 Å². The first-order valence-corrected chi connectivity index (χ1v) is 6.74. The Hall–Kier alpha value is 0.137. The minimum atomic E-state index is 0.125. The summed E-state index contributed by atoms with van der Waals surface area (Å²) in [5.41, 5.74) is 0. The van der Waals surface area contributed by atoms with Crippen molar-refractivity contribution in [2.75, 3.05) is 19.8 Å². The Kier molecular flexibility index (Phi) is 6.71. The minimum Gasteiger partial charge on any atom is -0.305 e. The van der Waals surface area contributed by atoms with Gasteiger partial charge in [0.1, 0.15) is 0 Å². The molecule has 0 spiro atoms.